The molecule has 0 aliphatic rings. The van der Waals surface area contributed by atoms with Gasteiger partial charge in [-0.25, -0.2) is 0 Å². The first-order chi connectivity index (χ1) is 9.10. The SMILES string of the molecule is COC(=O)Cc1ccccc1C(O)C(O)CN=[N+]=[N-]. The van der Waals surface area contributed by atoms with Crippen molar-refractivity contribution in [1.29, 1.82) is 0 Å². The molecule has 1 aromatic carbocycles. The van der Waals surface area contributed by atoms with Crippen LogP contribution in [0.4, 0.5) is 0 Å². The Kier molecular flexibility index (Phi) is 5.81. The first-order valence-electron chi connectivity index (χ1n) is 5.61. The Morgan fingerprint density at radius 3 is 2.79 bits per heavy atom. The summed E-state index contributed by atoms with van der Waals surface area (Å²) in [5.41, 5.74) is 9.15. The average Bonchev–Trinajstić information content (AvgIpc) is 2.44. The van der Waals surface area contributed by atoms with Crippen molar-refractivity contribution in [2.24, 2.45) is 5.11 Å². The zero-order chi connectivity index (χ0) is 14.3. The third-order valence-electron chi connectivity index (χ3n) is 2.63. The van der Waals surface area contributed by atoms with Crippen LogP contribution in [0.3, 0.4) is 0 Å². The Hall–Kier alpha value is -2.08. The molecule has 0 radical (unpaired) electrons. The Bertz CT molecular complexity index is 486. The number of nitrogens with zero attached hydrogens (tertiary/aromatic N) is 3. The Labute approximate surface area is 110 Å². The number of carbonyl (C=O) groups excluding carboxylic acids is 1. The number of esters is 1. The van der Waals surface area contributed by atoms with Crippen molar-refractivity contribution in [3.63, 3.8) is 0 Å². The van der Waals surface area contributed by atoms with Gasteiger partial charge in [-0.15, -0.1) is 0 Å². The van der Waals surface area contributed by atoms with Gasteiger partial charge in [0, 0.05) is 4.91 Å². The summed E-state index contributed by atoms with van der Waals surface area (Å²) in [4.78, 5) is 13.8. The standard InChI is InChI=1S/C12H15N3O4/c1-19-11(17)6-8-4-2-3-5-9(8)12(18)10(16)7-14-15-13/h2-5,10,12,16,18H,6-7H2,1H3. The summed E-state index contributed by atoms with van der Waals surface area (Å²) in [7, 11) is 1.28. The number of benzene rings is 1. The van der Waals surface area contributed by atoms with E-state index in [1.54, 1.807) is 24.3 Å². The quantitative estimate of drug-likeness (QED) is 0.347. The highest BCUT2D eigenvalue weighted by molar-refractivity contribution is 5.72. The fourth-order valence-electron chi connectivity index (χ4n) is 1.64. The first kappa shape index (κ1) is 15.0. The third-order valence-corrected chi connectivity index (χ3v) is 2.63. The summed E-state index contributed by atoms with van der Waals surface area (Å²) in [6.07, 6.45) is -2.46. The fraction of sp³-hybridized carbons (Fsp3) is 0.417. The van der Waals surface area contributed by atoms with Crippen LogP contribution >= 0.6 is 0 Å². The second-order valence-electron chi connectivity index (χ2n) is 3.88. The molecule has 0 spiro atoms. The van der Waals surface area contributed by atoms with Gasteiger partial charge < -0.3 is 14.9 Å². The number of aliphatic hydroxyl groups excluding tert-OH is 2. The highest BCUT2D eigenvalue weighted by atomic mass is 16.5. The molecule has 1 aromatic rings. The first-order valence-corrected chi connectivity index (χ1v) is 5.61. The fourth-order valence-corrected chi connectivity index (χ4v) is 1.64. The molecule has 2 atom stereocenters. The molecule has 0 amide bonds. The van der Waals surface area contributed by atoms with E-state index in [2.05, 4.69) is 14.8 Å². The molecule has 0 saturated heterocycles. The van der Waals surface area contributed by atoms with Crippen molar-refractivity contribution in [3.05, 3.63) is 45.8 Å². The monoisotopic (exact) mass is 265 g/mol. The highest BCUT2D eigenvalue weighted by Gasteiger charge is 2.21. The van der Waals surface area contributed by atoms with Crippen LogP contribution in [-0.2, 0) is 16.0 Å². The van der Waals surface area contributed by atoms with Crippen LogP contribution < -0.4 is 0 Å². The summed E-state index contributed by atoms with van der Waals surface area (Å²) in [5, 5.41) is 22.9. The molecular formula is C12H15N3O4. The topological polar surface area (TPSA) is 116 Å². The molecule has 0 aromatic heterocycles. The molecule has 0 heterocycles. The number of ether oxygens (including phenoxy) is 1. The Morgan fingerprint density at radius 1 is 1.47 bits per heavy atom. The van der Waals surface area contributed by atoms with Crippen molar-refractivity contribution in [3.8, 4) is 0 Å². The molecular weight excluding hydrogens is 250 g/mol. The molecule has 0 aliphatic carbocycles. The minimum absolute atomic E-state index is 0.00201. The van der Waals surface area contributed by atoms with E-state index in [1.807, 2.05) is 0 Å². The number of hydrogen-bond acceptors (Lipinski definition) is 5. The van der Waals surface area contributed by atoms with Gasteiger partial charge in [0.2, 0.25) is 0 Å². The van der Waals surface area contributed by atoms with Gasteiger partial charge in [0.25, 0.3) is 0 Å². The van der Waals surface area contributed by atoms with Crippen LogP contribution in [-0.4, -0.2) is 35.9 Å². The normalized spacial score (nSPS) is 13.2. The summed E-state index contributed by atoms with van der Waals surface area (Å²) in [6.45, 7) is -0.246. The number of hydrogen-bond donors (Lipinski definition) is 2. The molecule has 0 aliphatic heterocycles. The van der Waals surface area contributed by atoms with E-state index in [0.717, 1.165) is 0 Å². The average molecular weight is 265 g/mol. The molecule has 7 nitrogen and oxygen atoms in total. The van der Waals surface area contributed by atoms with E-state index in [1.165, 1.54) is 7.11 Å². The minimum atomic E-state index is -1.23. The molecule has 0 bridgehead atoms. The summed E-state index contributed by atoms with van der Waals surface area (Å²) >= 11 is 0. The molecule has 102 valence electrons. The van der Waals surface area contributed by atoms with Gasteiger partial charge >= 0.3 is 5.97 Å². The predicted molar refractivity (Wildman–Crippen MR) is 67.1 cm³/mol. The highest BCUT2D eigenvalue weighted by Crippen LogP contribution is 2.22. The van der Waals surface area contributed by atoms with Gasteiger partial charge in [0.05, 0.1) is 26.2 Å². The number of azide groups is 1. The van der Waals surface area contributed by atoms with Crippen LogP contribution in [0.5, 0.6) is 0 Å². The Morgan fingerprint density at radius 2 is 2.16 bits per heavy atom. The Balaban J connectivity index is 2.92. The van der Waals surface area contributed by atoms with E-state index in [-0.39, 0.29) is 13.0 Å². The van der Waals surface area contributed by atoms with Crippen LogP contribution in [0.2, 0.25) is 0 Å². The minimum Gasteiger partial charge on any atom is -0.469 e. The third kappa shape index (κ3) is 4.26. The maximum atomic E-state index is 11.3. The van der Waals surface area contributed by atoms with E-state index in [4.69, 9.17) is 5.53 Å². The van der Waals surface area contributed by atoms with Gasteiger partial charge in [0.1, 0.15) is 6.10 Å². The van der Waals surface area contributed by atoms with Crippen molar-refractivity contribution in [1.82, 2.24) is 0 Å². The molecule has 1 rings (SSSR count). The van der Waals surface area contributed by atoms with Crippen molar-refractivity contribution >= 4 is 5.97 Å². The lowest BCUT2D eigenvalue weighted by Gasteiger charge is -2.19. The van der Waals surface area contributed by atoms with Crippen LogP contribution in [0.25, 0.3) is 10.4 Å². The van der Waals surface area contributed by atoms with Crippen molar-refractivity contribution in [2.75, 3.05) is 13.7 Å². The number of rotatable bonds is 6. The number of aliphatic hydroxyl groups is 2. The lowest BCUT2D eigenvalue weighted by atomic mass is 9.97. The van der Waals surface area contributed by atoms with E-state index in [9.17, 15) is 15.0 Å². The molecule has 7 heteroatoms. The van der Waals surface area contributed by atoms with Gasteiger partial charge in [-0.1, -0.05) is 29.4 Å². The van der Waals surface area contributed by atoms with Gasteiger partial charge in [-0.05, 0) is 16.7 Å². The molecule has 19 heavy (non-hydrogen) atoms. The van der Waals surface area contributed by atoms with Crippen molar-refractivity contribution in [2.45, 2.75) is 18.6 Å². The lowest BCUT2D eigenvalue weighted by Crippen LogP contribution is -2.22. The summed E-state index contributed by atoms with van der Waals surface area (Å²) in [6, 6.07) is 6.66. The largest absolute Gasteiger partial charge is 0.469 e. The molecule has 0 saturated carbocycles. The van der Waals surface area contributed by atoms with Crippen molar-refractivity contribution < 1.29 is 19.7 Å². The maximum Gasteiger partial charge on any atom is 0.309 e. The molecule has 2 N–H and O–H groups in total. The van der Waals surface area contributed by atoms with Crippen LogP contribution in [0.1, 0.15) is 17.2 Å². The predicted octanol–water partition coefficient (Wildman–Crippen LogP) is 1.11. The maximum absolute atomic E-state index is 11.3. The van der Waals surface area contributed by atoms with E-state index in [0.29, 0.717) is 11.1 Å². The zero-order valence-electron chi connectivity index (χ0n) is 10.4. The van der Waals surface area contributed by atoms with E-state index < -0.39 is 18.2 Å². The second kappa shape index (κ2) is 7.38. The van der Waals surface area contributed by atoms with Gasteiger partial charge in [-0.2, -0.15) is 0 Å². The molecule has 0 fully saturated rings. The van der Waals surface area contributed by atoms with Crippen LogP contribution in [0, 0.1) is 0 Å². The van der Waals surface area contributed by atoms with Gasteiger partial charge in [0.15, 0.2) is 0 Å². The van der Waals surface area contributed by atoms with E-state index >= 15 is 0 Å². The van der Waals surface area contributed by atoms with Crippen LogP contribution in [0.15, 0.2) is 29.4 Å². The molecule has 2 unspecified atom stereocenters. The summed E-state index contributed by atoms with van der Waals surface area (Å²) in [5.74, 6) is -0.441. The number of methoxy groups -OCH3 is 1. The number of carbonyl (C=O) groups is 1. The second-order valence-corrected chi connectivity index (χ2v) is 3.88. The lowest BCUT2D eigenvalue weighted by molar-refractivity contribution is -0.139. The summed E-state index contributed by atoms with van der Waals surface area (Å²) < 4.78 is 4.56. The zero-order valence-corrected chi connectivity index (χ0v) is 10.4. The van der Waals surface area contributed by atoms with Gasteiger partial charge in [-0.3, -0.25) is 4.79 Å². The smallest absolute Gasteiger partial charge is 0.309 e.